The van der Waals surface area contributed by atoms with Gasteiger partial charge in [0.1, 0.15) is 0 Å². The summed E-state index contributed by atoms with van der Waals surface area (Å²) in [7, 11) is 0. The molecule has 0 radical (unpaired) electrons. The Hall–Kier alpha value is -2.37. The van der Waals surface area contributed by atoms with Gasteiger partial charge in [0, 0.05) is 12.2 Å². The van der Waals surface area contributed by atoms with Crippen LogP contribution in [0, 0.1) is 0 Å². The number of carbonyl (C=O) groups excluding carboxylic acids is 2. The van der Waals surface area contributed by atoms with Gasteiger partial charge in [0.2, 0.25) is 0 Å². The van der Waals surface area contributed by atoms with Crippen LogP contribution in [0.4, 0.5) is 0 Å². The standard InChI is InChI=1S/C7H12O2.2C3H4O2/c1-3-5-6-9-7(8)4-2;2*1-2-3(4)5/h4H,2-3,5-6H2,1H3;2*2H,1H2,(H,4,5)/p-1. The first kappa shape index (κ1) is 21.9. The summed E-state index contributed by atoms with van der Waals surface area (Å²) in [6, 6.07) is 0. The minimum Gasteiger partial charge on any atom is -0.545 e. The Labute approximate surface area is 112 Å². The summed E-state index contributed by atoms with van der Waals surface area (Å²) in [5.41, 5.74) is 0. The van der Waals surface area contributed by atoms with E-state index in [-0.39, 0.29) is 5.97 Å². The maximum absolute atomic E-state index is 10.3. The fourth-order valence-electron chi connectivity index (χ4n) is 0.376. The predicted molar refractivity (Wildman–Crippen MR) is 69.1 cm³/mol. The number of carboxylic acids is 2. The Morgan fingerprint density at radius 2 is 1.58 bits per heavy atom. The number of rotatable bonds is 6. The second-order valence-electron chi connectivity index (χ2n) is 2.79. The lowest BCUT2D eigenvalue weighted by Crippen LogP contribution is -2.17. The van der Waals surface area contributed by atoms with E-state index < -0.39 is 11.9 Å². The van der Waals surface area contributed by atoms with Crippen molar-refractivity contribution in [3.63, 3.8) is 0 Å². The van der Waals surface area contributed by atoms with E-state index in [0.717, 1.165) is 25.0 Å². The number of aliphatic carboxylic acids is 2. The molecular weight excluding hydrogens is 252 g/mol. The third kappa shape index (κ3) is 39.0. The zero-order valence-corrected chi connectivity index (χ0v) is 11.0. The first-order chi connectivity index (χ1) is 8.85. The molecule has 0 saturated heterocycles. The normalized spacial score (nSPS) is 7.42. The minimum absolute atomic E-state index is 0.330. The molecule has 0 amide bonds. The van der Waals surface area contributed by atoms with E-state index in [1.54, 1.807) is 0 Å². The van der Waals surface area contributed by atoms with Gasteiger partial charge in [-0.15, -0.1) is 0 Å². The van der Waals surface area contributed by atoms with Crippen LogP contribution in [0.25, 0.3) is 0 Å². The molecule has 0 aliphatic rings. The molecule has 0 fully saturated rings. The number of hydrogen-bond acceptors (Lipinski definition) is 5. The molecule has 0 aromatic heterocycles. The molecule has 0 aliphatic heterocycles. The van der Waals surface area contributed by atoms with E-state index in [0.29, 0.717) is 6.61 Å². The first-order valence-corrected chi connectivity index (χ1v) is 5.33. The summed E-state index contributed by atoms with van der Waals surface area (Å²) < 4.78 is 4.67. The Balaban J connectivity index is -0.000000219. The van der Waals surface area contributed by atoms with Crippen molar-refractivity contribution in [2.75, 3.05) is 6.61 Å². The molecule has 1 N–H and O–H groups in total. The van der Waals surface area contributed by atoms with Crippen molar-refractivity contribution in [1.29, 1.82) is 0 Å². The Kier molecular flexibility index (Phi) is 20.7. The fraction of sp³-hybridized carbons (Fsp3) is 0.308. The SMILES string of the molecule is C=CC(=O)O.C=CC(=O)OCCCC.C=CC(=O)[O-]. The van der Waals surface area contributed by atoms with E-state index in [1.165, 1.54) is 6.08 Å². The fourth-order valence-corrected chi connectivity index (χ4v) is 0.376. The predicted octanol–water partition coefficient (Wildman–Crippen LogP) is 0.695. The molecule has 0 aromatic rings. The lowest BCUT2D eigenvalue weighted by molar-refractivity contribution is -0.297. The van der Waals surface area contributed by atoms with Crippen LogP contribution in [0.2, 0.25) is 0 Å². The quantitative estimate of drug-likeness (QED) is 0.433. The monoisotopic (exact) mass is 271 g/mol. The molecule has 0 atom stereocenters. The molecule has 0 bridgehead atoms. The molecule has 0 aromatic carbocycles. The lowest BCUT2D eigenvalue weighted by Gasteiger charge is -1.97. The lowest BCUT2D eigenvalue weighted by atomic mass is 10.4. The molecule has 0 saturated carbocycles. The molecule has 0 rings (SSSR count). The van der Waals surface area contributed by atoms with E-state index in [2.05, 4.69) is 24.5 Å². The second kappa shape index (κ2) is 18.0. The number of esters is 1. The number of carboxylic acid groups (broad SMARTS) is 2. The van der Waals surface area contributed by atoms with Gasteiger partial charge in [-0.3, -0.25) is 0 Å². The third-order valence-electron chi connectivity index (χ3n) is 1.25. The van der Waals surface area contributed by atoms with Crippen molar-refractivity contribution < 1.29 is 29.3 Å². The molecule has 108 valence electrons. The van der Waals surface area contributed by atoms with Gasteiger partial charge >= 0.3 is 11.9 Å². The van der Waals surface area contributed by atoms with Crippen molar-refractivity contribution in [3.8, 4) is 0 Å². The number of ether oxygens (including phenoxy) is 1. The van der Waals surface area contributed by atoms with Crippen LogP contribution < -0.4 is 5.11 Å². The van der Waals surface area contributed by atoms with Gasteiger partial charge in [-0.2, -0.15) is 0 Å². The van der Waals surface area contributed by atoms with Gasteiger partial charge in [-0.05, 0) is 12.5 Å². The number of hydrogen-bond donors (Lipinski definition) is 1. The van der Waals surface area contributed by atoms with Crippen molar-refractivity contribution in [3.05, 3.63) is 38.0 Å². The Bertz CT molecular complexity index is 288. The highest BCUT2D eigenvalue weighted by molar-refractivity contribution is 5.81. The smallest absolute Gasteiger partial charge is 0.330 e. The molecule has 0 heterocycles. The Morgan fingerprint density at radius 3 is 1.79 bits per heavy atom. The Morgan fingerprint density at radius 1 is 1.16 bits per heavy atom. The highest BCUT2D eigenvalue weighted by atomic mass is 16.5. The highest BCUT2D eigenvalue weighted by Crippen LogP contribution is 1.88. The zero-order chi connectivity index (χ0) is 15.7. The molecule has 0 unspecified atom stereocenters. The largest absolute Gasteiger partial charge is 0.545 e. The molecule has 6 nitrogen and oxygen atoms in total. The third-order valence-corrected chi connectivity index (χ3v) is 1.25. The molecule has 0 spiro atoms. The summed E-state index contributed by atoms with van der Waals surface area (Å²) in [4.78, 5) is 28.7. The van der Waals surface area contributed by atoms with Crippen LogP contribution in [-0.4, -0.2) is 29.6 Å². The van der Waals surface area contributed by atoms with Crippen molar-refractivity contribution in [1.82, 2.24) is 0 Å². The second-order valence-corrected chi connectivity index (χ2v) is 2.79. The van der Waals surface area contributed by atoms with Crippen LogP contribution >= 0.6 is 0 Å². The van der Waals surface area contributed by atoms with Crippen LogP contribution in [0.3, 0.4) is 0 Å². The zero-order valence-electron chi connectivity index (χ0n) is 11.0. The highest BCUT2D eigenvalue weighted by Gasteiger charge is 1.91. The van der Waals surface area contributed by atoms with Crippen molar-refractivity contribution in [2.45, 2.75) is 19.8 Å². The van der Waals surface area contributed by atoms with Crippen LogP contribution in [0.5, 0.6) is 0 Å². The topological polar surface area (TPSA) is 104 Å². The molecule has 0 aliphatic carbocycles. The summed E-state index contributed by atoms with van der Waals surface area (Å²) in [5.74, 6) is -2.54. The summed E-state index contributed by atoms with van der Waals surface area (Å²) in [6.07, 6.45) is 4.71. The van der Waals surface area contributed by atoms with Gasteiger partial charge in [-0.1, -0.05) is 33.1 Å². The van der Waals surface area contributed by atoms with Crippen LogP contribution in [-0.2, 0) is 19.1 Å². The summed E-state index contributed by atoms with van der Waals surface area (Å²) in [5, 5.41) is 16.7. The van der Waals surface area contributed by atoms with Gasteiger partial charge in [-0.25, -0.2) is 9.59 Å². The summed E-state index contributed by atoms with van der Waals surface area (Å²) >= 11 is 0. The van der Waals surface area contributed by atoms with Gasteiger partial charge < -0.3 is 19.7 Å². The number of carbonyl (C=O) groups is 3. The average Bonchev–Trinajstić information content (AvgIpc) is 2.40. The van der Waals surface area contributed by atoms with E-state index in [1.807, 2.05) is 6.92 Å². The van der Waals surface area contributed by atoms with Crippen LogP contribution in [0.1, 0.15) is 19.8 Å². The minimum atomic E-state index is -1.23. The number of unbranched alkanes of at least 4 members (excludes halogenated alkanes) is 1. The van der Waals surface area contributed by atoms with Crippen molar-refractivity contribution >= 4 is 17.9 Å². The van der Waals surface area contributed by atoms with Gasteiger partial charge in [0.15, 0.2) is 0 Å². The summed E-state index contributed by atoms with van der Waals surface area (Å²) in [6.45, 7) is 11.7. The van der Waals surface area contributed by atoms with Gasteiger partial charge in [0.05, 0.1) is 12.6 Å². The van der Waals surface area contributed by atoms with Crippen molar-refractivity contribution in [2.24, 2.45) is 0 Å². The van der Waals surface area contributed by atoms with E-state index >= 15 is 0 Å². The molecule has 6 heteroatoms. The average molecular weight is 271 g/mol. The van der Waals surface area contributed by atoms with E-state index in [4.69, 9.17) is 15.0 Å². The van der Waals surface area contributed by atoms with Gasteiger partial charge in [0.25, 0.3) is 0 Å². The first-order valence-electron chi connectivity index (χ1n) is 5.33. The molecule has 19 heavy (non-hydrogen) atoms. The molecular formula is C13H19O6-. The maximum Gasteiger partial charge on any atom is 0.330 e. The maximum atomic E-state index is 10.3. The van der Waals surface area contributed by atoms with Crippen LogP contribution in [0.15, 0.2) is 38.0 Å². The van der Waals surface area contributed by atoms with E-state index in [9.17, 15) is 9.59 Å².